The molecule has 0 unspecified atom stereocenters. The maximum absolute atomic E-state index is 14.5. The van der Waals surface area contributed by atoms with Crippen molar-refractivity contribution in [3.05, 3.63) is 65.0 Å². The summed E-state index contributed by atoms with van der Waals surface area (Å²) in [5.74, 6) is 0.745. The first-order valence-electron chi connectivity index (χ1n) is 12.4. The highest BCUT2D eigenvalue weighted by atomic mass is 19.1. The van der Waals surface area contributed by atoms with Crippen molar-refractivity contribution in [3.8, 4) is 5.75 Å². The Morgan fingerprint density at radius 3 is 2.47 bits per heavy atom. The van der Waals surface area contributed by atoms with E-state index in [2.05, 4.69) is 11.8 Å². The van der Waals surface area contributed by atoms with Gasteiger partial charge in [0.05, 0.1) is 0 Å². The van der Waals surface area contributed by atoms with Gasteiger partial charge in [0.15, 0.2) is 5.78 Å². The molecular weight excluding hydrogens is 431 g/mol. The first-order valence-corrected chi connectivity index (χ1v) is 12.4. The van der Waals surface area contributed by atoms with Crippen LogP contribution in [0.3, 0.4) is 0 Å². The zero-order chi connectivity index (χ0) is 24.1. The summed E-state index contributed by atoms with van der Waals surface area (Å²) in [7, 11) is 0. The summed E-state index contributed by atoms with van der Waals surface area (Å²) in [6, 6.07) is 12.4. The maximum Gasteiger partial charge on any atom is 0.226 e. The Morgan fingerprint density at radius 1 is 1.06 bits per heavy atom. The summed E-state index contributed by atoms with van der Waals surface area (Å²) < 4.78 is 20.0. The zero-order valence-corrected chi connectivity index (χ0v) is 20.3. The maximum atomic E-state index is 14.5. The molecule has 1 atom stereocenters. The van der Waals surface area contributed by atoms with Crippen LogP contribution in [0.5, 0.6) is 5.75 Å². The van der Waals surface area contributed by atoms with E-state index in [1.54, 1.807) is 18.2 Å². The highest BCUT2D eigenvalue weighted by Gasteiger charge is 2.33. The van der Waals surface area contributed by atoms with E-state index in [9.17, 15) is 14.0 Å². The molecule has 2 fully saturated rings. The molecule has 0 radical (unpaired) electrons. The number of hydrogen-bond acceptors (Lipinski definition) is 4. The van der Waals surface area contributed by atoms with Gasteiger partial charge in [-0.1, -0.05) is 31.0 Å². The van der Waals surface area contributed by atoms with E-state index < -0.39 is 0 Å². The zero-order valence-electron chi connectivity index (χ0n) is 20.3. The summed E-state index contributed by atoms with van der Waals surface area (Å²) in [6.45, 7) is 6.90. The number of nitrogens with zero attached hydrogens (tertiary/aromatic N) is 2. The Morgan fingerprint density at radius 2 is 1.76 bits per heavy atom. The molecular formula is C28H35FN2O3. The lowest BCUT2D eigenvalue weighted by Gasteiger charge is -2.41. The van der Waals surface area contributed by atoms with Gasteiger partial charge >= 0.3 is 0 Å². The third-order valence-corrected chi connectivity index (χ3v) is 7.21. The van der Waals surface area contributed by atoms with Crippen molar-refractivity contribution >= 4 is 11.7 Å². The minimum Gasteiger partial charge on any atom is -0.486 e. The van der Waals surface area contributed by atoms with Crippen LogP contribution in [0.1, 0.15) is 49.3 Å². The molecule has 1 heterocycles. The summed E-state index contributed by atoms with van der Waals surface area (Å²) >= 11 is 0. The van der Waals surface area contributed by atoms with E-state index in [0.717, 1.165) is 49.9 Å². The highest BCUT2D eigenvalue weighted by Crippen LogP contribution is 2.28. The van der Waals surface area contributed by atoms with Gasteiger partial charge in [-0.05, 0) is 67.6 Å². The SMILES string of the molecule is Cc1c(CC(=O)COc2ccccc2)cc(F)cc1CN1CCN(C(=O)C2CCCC2)[C@@H](C)C1. The van der Waals surface area contributed by atoms with Gasteiger partial charge in [0.2, 0.25) is 5.91 Å². The van der Waals surface area contributed by atoms with Crippen LogP contribution in [0.2, 0.25) is 0 Å². The molecule has 1 saturated carbocycles. The van der Waals surface area contributed by atoms with Crippen LogP contribution in [0.25, 0.3) is 0 Å². The summed E-state index contributed by atoms with van der Waals surface area (Å²) in [5, 5.41) is 0. The van der Waals surface area contributed by atoms with Gasteiger partial charge in [0, 0.05) is 44.6 Å². The second-order valence-corrected chi connectivity index (χ2v) is 9.76. The normalized spacial score (nSPS) is 19.4. The predicted molar refractivity (Wildman–Crippen MR) is 130 cm³/mol. The fourth-order valence-corrected chi connectivity index (χ4v) is 5.24. The van der Waals surface area contributed by atoms with Crippen molar-refractivity contribution in [1.29, 1.82) is 0 Å². The van der Waals surface area contributed by atoms with E-state index in [1.807, 2.05) is 30.0 Å². The van der Waals surface area contributed by atoms with Gasteiger partial charge in [-0.3, -0.25) is 14.5 Å². The van der Waals surface area contributed by atoms with Gasteiger partial charge in [0.25, 0.3) is 0 Å². The lowest BCUT2D eigenvalue weighted by atomic mass is 9.97. The molecule has 34 heavy (non-hydrogen) atoms. The minimum absolute atomic E-state index is 0.0379. The molecule has 2 aromatic rings. The third kappa shape index (κ3) is 6.03. The lowest BCUT2D eigenvalue weighted by molar-refractivity contribution is -0.140. The van der Waals surface area contributed by atoms with Crippen LogP contribution in [0.15, 0.2) is 42.5 Å². The van der Waals surface area contributed by atoms with Crippen molar-refractivity contribution < 1.29 is 18.7 Å². The molecule has 4 rings (SSSR count). The molecule has 0 aromatic heterocycles. The van der Waals surface area contributed by atoms with Crippen LogP contribution >= 0.6 is 0 Å². The number of ether oxygens (including phenoxy) is 1. The quantitative estimate of drug-likeness (QED) is 0.573. The van der Waals surface area contributed by atoms with Gasteiger partial charge in [-0.25, -0.2) is 4.39 Å². The Hall–Kier alpha value is -2.73. The van der Waals surface area contributed by atoms with Crippen LogP contribution in [-0.4, -0.2) is 53.8 Å². The summed E-state index contributed by atoms with van der Waals surface area (Å²) in [6.07, 6.45) is 4.50. The Labute approximate surface area is 201 Å². The number of Topliss-reactive ketones (excluding diaryl/α,β-unsaturated/α-hetero) is 1. The Balaban J connectivity index is 1.35. The van der Waals surface area contributed by atoms with Crippen LogP contribution in [-0.2, 0) is 22.6 Å². The molecule has 1 aliphatic heterocycles. The van der Waals surface area contributed by atoms with Crippen molar-refractivity contribution in [2.75, 3.05) is 26.2 Å². The highest BCUT2D eigenvalue weighted by molar-refractivity contribution is 5.82. The number of para-hydroxylation sites is 1. The monoisotopic (exact) mass is 466 g/mol. The van der Waals surface area contributed by atoms with Gasteiger partial charge in [0.1, 0.15) is 18.2 Å². The van der Waals surface area contributed by atoms with Crippen molar-refractivity contribution in [2.24, 2.45) is 5.92 Å². The van der Waals surface area contributed by atoms with Crippen LogP contribution < -0.4 is 4.74 Å². The molecule has 0 spiro atoms. The molecule has 0 N–H and O–H groups in total. The van der Waals surface area contributed by atoms with Crippen molar-refractivity contribution in [2.45, 2.75) is 58.5 Å². The number of halogens is 1. The lowest BCUT2D eigenvalue weighted by Crippen LogP contribution is -2.54. The average molecular weight is 467 g/mol. The number of carbonyl (C=O) groups is 2. The van der Waals surface area contributed by atoms with Crippen LogP contribution in [0.4, 0.5) is 4.39 Å². The molecule has 6 heteroatoms. The van der Waals surface area contributed by atoms with E-state index >= 15 is 0 Å². The van der Waals surface area contributed by atoms with Crippen LogP contribution in [0, 0.1) is 18.7 Å². The minimum atomic E-state index is -0.324. The molecule has 5 nitrogen and oxygen atoms in total. The fourth-order valence-electron chi connectivity index (χ4n) is 5.24. The standard InChI is InChI=1S/C28H35FN2O3/c1-20-17-30(12-13-31(20)28(33)22-8-6-7-9-22)18-24-15-25(29)14-23(21(24)2)16-26(32)19-34-27-10-4-3-5-11-27/h3-5,10-11,14-15,20,22H,6-9,12-13,16-19H2,1-2H3/t20-/m0/s1. The molecule has 2 aromatic carbocycles. The first-order chi connectivity index (χ1) is 16.4. The van der Waals surface area contributed by atoms with Crippen molar-refractivity contribution in [1.82, 2.24) is 9.80 Å². The number of rotatable bonds is 8. The predicted octanol–water partition coefficient (Wildman–Crippen LogP) is 4.55. The molecule has 182 valence electrons. The number of carbonyl (C=O) groups excluding carboxylic acids is 2. The van der Waals surface area contributed by atoms with Gasteiger partial charge in [-0.2, -0.15) is 0 Å². The molecule has 1 aliphatic carbocycles. The largest absolute Gasteiger partial charge is 0.486 e. The number of amides is 1. The summed E-state index contributed by atoms with van der Waals surface area (Å²) in [4.78, 5) is 29.7. The van der Waals surface area contributed by atoms with Gasteiger partial charge in [-0.15, -0.1) is 0 Å². The molecule has 2 aliphatic rings. The topological polar surface area (TPSA) is 49.9 Å². The second-order valence-electron chi connectivity index (χ2n) is 9.76. The van der Waals surface area contributed by atoms with Gasteiger partial charge < -0.3 is 9.64 Å². The number of hydrogen-bond donors (Lipinski definition) is 0. The van der Waals surface area contributed by atoms with E-state index in [0.29, 0.717) is 30.3 Å². The number of benzene rings is 2. The van der Waals surface area contributed by atoms with E-state index in [1.165, 1.54) is 6.07 Å². The van der Waals surface area contributed by atoms with E-state index in [4.69, 9.17) is 4.74 Å². The molecule has 0 bridgehead atoms. The fraction of sp³-hybridized carbons (Fsp3) is 0.500. The average Bonchev–Trinajstić information content (AvgIpc) is 3.36. The molecule has 1 saturated heterocycles. The second kappa shape index (κ2) is 11.1. The number of piperazine rings is 1. The molecule has 1 amide bonds. The Bertz CT molecular complexity index is 1000. The van der Waals surface area contributed by atoms with E-state index in [-0.39, 0.29) is 36.6 Å². The first kappa shape index (κ1) is 24.4. The van der Waals surface area contributed by atoms with Crippen molar-refractivity contribution in [3.63, 3.8) is 0 Å². The third-order valence-electron chi connectivity index (χ3n) is 7.21. The summed E-state index contributed by atoms with van der Waals surface area (Å²) in [5.41, 5.74) is 2.56. The smallest absolute Gasteiger partial charge is 0.226 e. The number of ketones is 1. The Kier molecular flexibility index (Phi) is 7.99.